The van der Waals surface area contributed by atoms with E-state index in [9.17, 15) is 9.59 Å². The highest BCUT2D eigenvalue weighted by atomic mass is 16.5. The van der Waals surface area contributed by atoms with E-state index in [0.717, 1.165) is 19.4 Å². The van der Waals surface area contributed by atoms with Crippen LogP contribution in [0.4, 0.5) is 0 Å². The van der Waals surface area contributed by atoms with Crippen LogP contribution in [0.25, 0.3) is 0 Å². The van der Waals surface area contributed by atoms with Crippen molar-refractivity contribution < 1.29 is 14.3 Å². The van der Waals surface area contributed by atoms with Crippen molar-refractivity contribution >= 4 is 11.8 Å². The molecule has 1 saturated heterocycles. The van der Waals surface area contributed by atoms with E-state index in [1.807, 2.05) is 30.3 Å². The van der Waals surface area contributed by atoms with Gasteiger partial charge in [-0.3, -0.25) is 9.59 Å². The van der Waals surface area contributed by atoms with Gasteiger partial charge in [0.25, 0.3) is 5.91 Å². The number of piperidine rings is 1. The van der Waals surface area contributed by atoms with Crippen LogP contribution in [-0.2, 0) is 4.79 Å². The van der Waals surface area contributed by atoms with Gasteiger partial charge in [-0.15, -0.1) is 0 Å². The van der Waals surface area contributed by atoms with Gasteiger partial charge in [-0.25, -0.2) is 4.98 Å². The van der Waals surface area contributed by atoms with Crippen LogP contribution in [0.1, 0.15) is 36.0 Å². The number of nitrogens with one attached hydrogen (secondary N) is 1. The van der Waals surface area contributed by atoms with E-state index in [0.29, 0.717) is 36.2 Å². The van der Waals surface area contributed by atoms with E-state index in [-0.39, 0.29) is 17.7 Å². The Bertz CT molecular complexity index is 836. The standard InChI is InChI=1S/C22H25N3O3/c26-21(24-14-16-8-9-16)18-5-4-12-25(15-18)22(27)17-10-11-23-20(13-17)28-19-6-2-1-3-7-19/h1-3,6-7,10-11,13,16,18H,4-5,8-9,12,14-15H2,(H,24,26)/t18-/m1/s1. The summed E-state index contributed by atoms with van der Waals surface area (Å²) >= 11 is 0. The Hall–Kier alpha value is -2.89. The molecular weight excluding hydrogens is 354 g/mol. The minimum Gasteiger partial charge on any atom is -0.439 e. The number of ether oxygens (including phenoxy) is 1. The number of pyridine rings is 1. The fraction of sp³-hybridized carbons (Fsp3) is 0.409. The molecule has 2 fully saturated rings. The molecule has 1 aromatic heterocycles. The highest BCUT2D eigenvalue weighted by Gasteiger charge is 2.30. The zero-order valence-electron chi connectivity index (χ0n) is 15.8. The van der Waals surface area contributed by atoms with Gasteiger partial charge in [-0.2, -0.15) is 0 Å². The quantitative estimate of drug-likeness (QED) is 0.836. The van der Waals surface area contributed by atoms with Gasteiger partial charge in [-0.1, -0.05) is 18.2 Å². The average molecular weight is 379 g/mol. The summed E-state index contributed by atoms with van der Waals surface area (Å²) in [5.74, 6) is 1.58. The van der Waals surface area contributed by atoms with Crippen molar-refractivity contribution in [2.24, 2.45) is 11.8 Å². The Morgan fingerprint density at radius 3 is 2.75 bits per heavy atom. The smallest absolute Gasteiger partial charge is 0.254 e. The topological polar surface area (TPSA) is 71.5 Å². The van der Waals surface area contributed by atoms with Gasteiger partial charge in [-0.05, 0) is 49.8 Å². The zero-order chi connectivity index (χ0) is 19.3. The summed E-state index contributed by atoms with van der Waals surface area (Å²) in [5, 5.41) is 3.04. The van der Waals surface area contributed by atoms with Crippen LogP contribution in [0.5, 0.6) is 11.6 Å². The van der Waals surface area contributed by atoms with Gasteiger partial charge in [0.15, 0.2) is 0 Å². The molecule has 1 atom stereocenters. The number of amides is 2. The van der Waals surface area contributed by atoms with Crippen LogP contribution in [0.3, 0.4) is 0 Å². The second kappa shape index (κ2) is 8.42. The maximum Gasteiger partial charge on any atom is 0.254 e. The second-order valence-corrected chi connectivity index (χ2v) is 7.58. The lowest BCUT2D eigenvalue weighted by molar-refractivity contribution is -0.126. The van der Waals surface area contributed by atoms with E-state index in [2.05, 4.69) is 10.3 Å². The highest BCUT2D eigenvalue weighted by Crippen LogP contribution is 2.28. The molecule has 0 bridgehead atoms. The summed E-state index contributed by atoms with van der Waals surface area (Å²) in [6, 6.07) is 12.7. The molecule has 2 aromatic rings. The Morgan fingerprint density at radius 1 is 1.14 bits per heavy atom. The first-order valence-corrected chi connectivity index (χ1v) is 9.95. The fourth-order valence-corrected chi connectivity index (χ4v) is 3.48. The summed E-state index contributed by atoms with van der Waals surface area (Å²) < 4.78 is 5.73. The van der Waals surface area contributed by atoms with Crippen molar-refractivity contribution in [2.45, 2.75) is 25.7 Å². The van der Waals surface area contributed by atoms with Gasteiger partial charge in [0.05, 0.1) is 5.92 Å². The first-order valence-electron chi connectivity index (χ1n) is 9.95. The minimum absolute atomic E-state index is 0.0761. The van der Waals surface area contributed by atoms with E-state index in [4.69, 9.17) is 4.74 Å². The number of carbonyl (C=O) groups is 2. The molecule has 0 unspecified atom stereocenters. The van der Waals surface area contributed by atoms with Gasteiger partial charge in [0.1, 0.15) is 5.75 Å². The Morgan fingerprint density at radius 2 is 1.96 bits per heavy atom. The van der Waals surface area contributed by atoms with E-state index in [1.165, 1.54) is 12.8 Å². The molecule has 1 saturated carbocycles. The summed E-state index contributed by atoms with van der Waals surface area (Å²) in [6.07, 6.45) is 5.68. The molecule has 1 aromatic carbocycles. The lowest BCUT2D eigenvalue weighted by atomic mass is 9.96. The molecule has 0 spiro atoms. The molecule has 6 heteroatoms. The largest absolute Gasteiger partial charge is 0.439 e. The number of para-hydroxylation sites is 1. The third kappa shape index (κ3) is 4.68. The van der Waals surface area contributed by atoms with Crippen LogP contribution in [0, 0.1) is 11.8 Å². The van der Waals surface area contributed by atoms with Crippen molar-refractivity contribution in [1.29, 1.82) is 0 Å². The van der Waals surface area contributed by atoms with E-state index in [1.54, 1.807) is 23.2 Å². The van der Waals surface area contributed by atoms with E-state index >= 15 is 0 Å². The number of aromatic nitrogens is 1. The summed E-state index contributed by atoms with van der Waals surface area (Å²) in [6.45, 7) is 1.91. The van der Waals surface area contributed by atoms with Gasteiger partial charge in [0.2, 0.25) is 11.8 Å². The normalized spacial score (nSPS) is 19.1. The number of nitrogens with zero attached hydrogens (tertiary/aromatic N) is 2. The van der Waals surface area contributed by atoms with E-state index < -0.39 is 0 Å². The molecule has 28 heavy (non-hydrogen) atoms. The molecule has 6 nitrogen and oxygen atoms in total. The van der Waals surface area contributed by atoms with Gasteiger partial charge >= 0.3 is 0 Å². The Labute approximate surface area is 164 Å². The van der Waals surface area contributed by atoms with Crippen molar-refractivity contribution in [1.82, 2.24) is 15.2 Å². The third-order valence-electron chi connectivity index (χ3n) is 5.29. The summed E-state index contributed by atoms with van der Waals surface area (Å²) in [7, 11) is 0. The Kier molecular flexibility index (Phi) is 5.55. The number of likely N-dealkylation sites (tertiary alicyclic amines) is 1. The molecule has 0 radical (unpaired) electrons. The van der Waals surface area contributed by atoms with Crippen LogP contribution < -0.4 is 10.1 Å². The molecule has 2 heterocycles. The maximum atomic E-state index is 13.0. The predicted molar refractivity (Wildman–Crippen MR) is 105 cm³/mol. The van der Waals surface area contributed by atoms with Crippen molar-refractivity contribution in [2.75, 3.05) is 19.6 Å². The molecule has 1 aliphatic carbocycles. The molecule has 2 amide bonds. The molecule has 1 aliphatic heterocycles. The lowest BCUT2D eigenvalue weighted by Crippen LogP contribution is -2.45. The minimum atomic E-state index is -0.127. The third-order valence-corrected chi connectivity index (χ3v) is 5.29. The van der Waals surface area contributed by atoms with Crippen LogP contribution in [-0.4, -0.2) is 41.3 Å². The molecular formula is C22H25N3O3. The van der Waals surface area contributed by atoms with Crippen LogP contribution in [0.2, 0.25) is 0 Å². The van der Waals surface area contributed by atoms with Gasteiger partial charge < -0.3 is 15.0 Å². The average Bonchev–Trinajstić information content (AvgIpc) is 3.57. The molecule has 146 valence electrons. The zero-order valence-corrected chi connectivity index (χ0v) is 15.8. The second-order valence-electron chi connectivity index (χ2n) is 7.58. The van der Waals surface area contributed by atoms with Crippen molar-refractivity contribution in [3.8, 4) is 11.6 Å². The first kappa shape index (κ1) is 18.5. The Balaban J connectivity index is 1.39. The fourth-order valence-electron chi connectivity index (χ4n) is 3.48. The monoisotopic (exact) mass is 379 g/mol. The first-order chi connectivity index (χ1) is 13.7. The summed E-state index contributed by atoms with van der Waals surface area (Å²) in [4.78, 5) is 31.3. The summed E-state index contributed by atoms with van der Waals surface area (Å²) in [5.41, 5.74) is 0.528. The van der Waals surface area contributed by atoms with Crippen LogP contribution in [0.15, 0.2) is 48.7 Å². The van der Waals surface area contributed by atoms with Crippen LogP contribution >= 0.6 is 0 Å². The maximum absolute atomic E-state index is 13.0. The molecule has 1 N–H and O–H groups in total. The lowest BCUT2D eigenvalue weighted by Gasteiger charge is -2.32. The molecule has 4 rings (SSSR count). The number of benzene rings is 1. The predicted octanol–water partition coefficient (Wildman–Crippen LogP) is 3.25. The number of carbonyl (C=O) groups excluding carboxylic acids is 2. The number of hydrogen-bond acceptors (Lipinski definition) is 4. The number of rotatable bonds is 6. The van der Waals surface area contributed by atoms with Crippen molar-refractivity contribution in [3.05, 3.63) is 54.2 Å². The van der Waals surface area contributed by atoms with Crippen molar-refractivity contribution in [3.63, 3.8) is 0 Å². The molecule has 2 aliphatic rings. The van der Waals surface area contributed by atoms with Gasteiger partial charge in [0, 0.05) is 37.5 Å². The highest BCUT2D eigenvalue weighted by molar-refractivity contribution is 5.95. The number of hydrogen-bond donors (Lipinski definition) is 1. The SMILES string of the molecule is O=C(NCC1CC1)[C@@H]1CCCN(C(=O)c2ccnc(Oc3ccccc3)c2)C1.